The van der Waals surface area contributed by atoms with Gasteiger partial charge >= 0.3 is 0 Å². The second-order valence-corrected chi connectivity index (χ2v) is 6.18. The van der Waals surface area contributed by atoms with E-state index in [0.717, 1.165) is 15.8 Å². The van der Waals surface area contributed by atoms with Gasteiger partial charge in [-0.3, -0.25) is 4.79 Å². The van der Waals surface area contributed by atoms with Gasteiger partial charge in [0.1, 0.15) is 5.76 Å². The zero-order valence-electron chi connectivity index (χ0n) is 12.1. The van der Waals surface area contributed by atoms with Crippen molar-refractivity contribution in [1.82, 2.24) is 15.4 Å². The number of carbonyl (C=O) groups excluding carboxylic acids is 1. The number of anilines is 1. The number of fused-ring (bicyclic) bond motifs is 1. The average Bonchev–Trinajstić information content (AvgIpc) is 2.92. The highest BCUT2D eigenvalue weighted by molar-refractivity contribution is 8.00. The number of nitrogens with one attached hydrogen (secondary N) is 1. The SMILES string of the molecule is Cc1cc(NC(=O)C(C)Sc2cnnc3ccccc23)no1. The Kier molecular flexibility index (Phi) is 4.06. The van der Waals surface area contributed by atoms with E-state index in [4.69, 9.17) is 4.52 Å². The van der Waals surface area contributed by atoms with Gasteiger partial charge < -0.3 is 9.84 Å². The molecule has 1 N–H and O–H groups in total. The third kappa shape index (κ3) is 3.09. The first-order chi connectivity index (χ1) is 10.6. The molecule has 1 aromatic carbocycles. The smallest absolute Gasteiger partial charge is 0.238 e. The number of carbonyl (C=O) groups is 1. The second-order valence-electron chi connectivity index (χ2n) is 4.80. The first-order valence-corrected chi connectivity index (χ1v) is 7.63. The highest BCUT2D eigenvalue weighted by Gasteiger charge is 2.17. The highest BCUT2D eigenvalue weighted by Crippen LogP contribution is 2.29. The quantitative estimate of drug-likeness (QED) is 0.745. The van der Waals surface area contributed by atoms with Crippen LogP contribution < -0.4 is 5.32 Å². The van der Waals surface area contributed by atoms with E-state index in [1.807, 2.05) is 31.2 Å². The summed E-state index contributed by atoms with van der Waals surface area (Å²) in [4.78, 5) is 13.1. The van der Waals surface area contributed by atoms with E-state index in [1.165, 1.54) is 11.8 Å². The molecule has 2 aromatic heterocycles. The van der Waals surface area contributed by atoms with Gasteiger partial charge in [-0.05, 0) is 19.9 Å². The van der Waals surface area contributed by atoms with Gasteiger partial charge in [-0.25, -0.2) is 0 Å². The van der Waals surface area contributed by atoms with Crippen LogP contribution in [-0.4, -0.2) is 26.5 Å². The van der Waals surface area contributed by atoms with Crippen LogP contribution in [0.25, 0.3) is 10.9 Å². The van der Waals surface area contributed by atoms with Crippen molar-refractivity contribution in [3.63, 3.8) is 0 Å². The molecular weight excluding hydrogens is 300 g/mol. The van der Waals surface area contributed by atoms with E-state index in [1.54, 1.807) is 19.2 Å². The standard InChI is InChI=1S/C15H14N4O2S/c1-9-7-14(19-21-9)17-15(20)10(2)22-13-8-16-18-12-6-4-3-5-11(12)13/h3-8,10H,1-2H3,(H,17,19,20). The normalized spacial score (nSPS) is 12.3. The number of amides is 1. The lowest BCUT2D eigenvalue weighted by molar-refractivity contribution is -0.115. The van der Waals surface area contributed by atoms with Crippen molar-refractivity contribution in [2.75, 3.05) is 5.32 Å². The molecular formula is C15H14N4O2S. The number of hydrogen-bond acceptors (Lipinski definition) is 6. The van der Waals surface area contributed by atoms with Crippen molar-refractivity contribution in [2.45, 2.75) is 24.0 Å². The molecule has 0 spiro atoms. The largest absolute Gasteiger partial charge is 0.360 e. The van der Waals surface area contributed by atoms with Crippen molar-refractivity contribution in [3.8, 4) is 0 Å². The Balaban J connectivity index is 1.75. The molecule has 1 atom stereocenters. The molecule has 1 amide bonds. The van der Waals surface area contributed by atoms with Crippen LogP contribution >= 0.6 is 11.8 Å². The summed E-state index contributed by atoms with van der Waals surface area (Å²) in [5.74, 6) is 0.937. The Morgan fingerprint density at radius 1 is 1.36 bits per heavy atom. The van der Waals surface area contributed by atoms with Gasteiger partial charge in [-0.2, -0.15) is 10.2 Å². The Labute approximate surface area is 131 Å². The third-order valence-electron chi connectivity index (χ3n) is 3.06. The van der Waals surface area contributed by atoms with Crippen LogP contribution in [0.1, 0.15) is 12.7 Å². The minimum Gasteiger partial charge on any atom is -0.360 e. The van der Waals surface area contributed by atoms with E-state index >= 15 is 0 Å². The minimum absolute atomic E-state index is 0.140. The Morgan fingerprint density at radius 3 is 2.95 bits per heavy atom. The summed E-state index contributed by atoms with van der Waals surface area (Å²) in [6.07, 6.45) is 1.68. The Bertz CT molecular complexity index is 813. The maximum atomic E-state index is 12.2. The Morgan fingerprint density at radius 2 is 2.18 bits per heavy atom. The van der Waals surface area contributed by atoms with Crippen LogP contribution in [0.5, 0.6) is 0 Å². The first-order valence-electron chi connectivity index (χ1n) is 6.75. The fourth-order valence-electron chi connectivity index (χ4n) is 1.97. The maximum absolute atomic E-state index is 12.2. The van der Waals surface area contributed by atoms with Crippen molar-refractivity contribution < 1.29 is 9.32 Å². The molecule has 0 aliphatic carbocycles. The van der Waals surface area contributed by atoms with Crippen LogP contribution in [0.4, 0.5) is 5.82 Å². The maximum Gasteiger partial charge on any atom is 0.238 e. The third-order valence-corrected chi connectivity index (χ3v) is 4.21. The van der Waals surface area contributed by atoms with E-state index in [-0.39, 0.29) is 11.2 Å². The molecule has 0 fully saturated rings. The lowest BCUT2D eigenvalue weighted by atomic mass is 10.2. The molecule has 22 heavy (non-hydrogen) atoms. The molecule has 0 bridgehead atoms. The molecule has 0 aliphatic rings. The molecule has 0 aliphatic heterocycles. The summed E-state index contributed by atoms with van der Waals surface area (Å²) >= 11 is 1.43. The molecule has 1 unspecified atom stereocenters. The minimum atomic E-state index is -0.301. The molecule has 7 heteroatoms. The number of nitrogens with zero attached hydrogens (tertiary/aromatic N) is 3. The fraction of sp³-hybridized carbons (Fsp3) is 0.200. The molecule has 3 aromatic rings. The number of rotatable bonds is 4. The lowest BCUT2D eigenvalue weighted by Crippen LogP contribution is -2.22. The molecule has 3 rings (SSSR count). The molecule has 0 saturated heterocycles. The number of hydrogen-bond donors (Lipinski definition) is 1. The van der Waals surface area contributed by atoms with Crippen LogP contribution in [0.2, 0.25) is 0 Å². The summed E-state index contributed by atoms with van der Waals surface area (Å²) in [6, 6.07) is 9.40. The number of aromatic nitrogens is 3. The molecule has 0 radical (unpaired) electrons. The van der Waals surface area contributed by atoms with E-state index in [9.17, 15) is 4.79 Å². The van der Waals surface area contributed by atoms with E-state index in [0.29, 0.717) is 11.6 Å². The number of benzene rings is 1. The van der Waals surface area contributed by atoms with Gasteiger partial charge in [-0.1, -0.05) is 23.4 Å². The van der Waals surface area contributed by atoms with Crippen molar-refractivity contribution in [2.24, 2.45) is 0 Å². The summed E-state index contributed by atoms with van der Waals surface area (Å²) in [5.41, 5.74) is 0.812. The van der Waals surface area contributed by atoms with Gasteiger partial charge in [0.05, 0.1) is 17.0 Å². The monoisotopic (exact) mass is 314 g/mol. The van der Waals surface area contributed by atoms with E-state index < -0.39 is 0 Å². The predicted octanol–water partition coefficient (Wildman–Crippen LogP) is 3.05. The molecule has 112 valence electrons. The first kappa shape index (κ1) is 14.5. The summed E-state index contributed by atoms with van der Waals surface area (Å²) in [7, 11) is 0. The van der Waals surface area contributed by atoms with Crippen molar-refractivity contribution in [3.05, 3.63) is 42.3 Å². The summed E-state index contributed by atoms with van der Waals surface area (Å²) < 4.78 is 4.93. The van der Waals surface area contributed by atoms with Crippen LogP contribution in [0, 0.1) is 6.92 Å². The topological polar surface area (TPSA) is 80.9 Å². The number of thioether (sulfide) groups is 1. The van der Waals surface area contributed by atoms with E-state index in [2.05, 4.69) is 20.7 Å². The number of aryl methyl sites for hydroxylation is 1. The Hall–Kier alpha value is -2.41. The van der Waals surface area contributed by atoms with Gasteiger partial charge in [0, 0.05) is 16.3 Å². The van der Waals surface area contributed by atoms with Crippen molar-refractivity contribution >= 4 is 34.4 Å². The van der Waals surface area contributed by atoms with Crippen molar-refractivity contribution in [1.29, 1.82) is 0 Å². The van der Waals surface area contributed by atoms with Gasteiger partial charge in [0.25, 0.3) is 0 Å². The highest BCUT2D eigenvalue weighted by atomic mass is 32.2. The zero-order valence-corrected chi connectivity index (χ0v) is 12.9. The molecule has 6 nitrogen and oxygen atoms in total. The van der Waals surface area contributed by atoms with Gasteiger partial charge in [0.2, 0.25) is 5.91 Å². The van der Waals surface area contributed by atoms with Crippen LogP contribution in [0.3, 0.4) is 0 Å². The van der Waals surface area contributed by atoms with Gasteiger partial charge in [-0.15, -0.1) is 11.8 Å². The summed E-state index contributed by atoms with van der Waals surface area (Å²) in [6.45, 7) is 3.61. The molecule has 2 heterocycles. The lowest BCUT2D eigenvalue weighted by Gasteiger charge is -2.11. The zero-order chi connectivity index (χ0) is 15.5. The predicted molar refractivity (Wildman–Crippen MR) is 84.7 cm³/mol. The average molecular weight is 314 g/mol. The molecule has 0 saturated carbocycles. The van der Waals surface area contributed by atoms with Crippen LogP contribution in [0.15, 0.2) is 45.9 Å². The van der Waals surface area contributed by atoms with Gasteiger partial charge in [0.15, 0.2) is 5.82 Å². The fourth-order valence-corrected chi connectivity index (χ4v) is 2.93. The second kappa shape index (κ2) is 6.15. The van der Waals surface area contributed by atoms with Crippen LogP contribution in [-0.2, 0) is 4.79 Å². The summed E-state index contributed by atoms with van der Waals surface area (Å²) in [5, 5.41) is 15.2.